The van der Waals surface area contributed by atoms with Gasteiger partial charge >= 0.3 is 0 Å². The molecular weight excluding hydrogens is 264 g/mol. The molecule has 0 bridgehead atoms. The first-order valence-electron chi connectivity index (χ1n) is 7.31. The minimum absolute atomic E-state index is 0.0153. The molecule has 1 aromatic heterocycles. The van der Waals surface area contributed by atoms with E-state index < -0.39 is 0 Å². The molecule has 1 aromatic carbocycles. The van der Waals surface area contributed by atoms with E-state index in [-0.39, 0.29) is 12.1 Å². The van der Waals surface area contributed by atoms with Crippen LogP contribution in [0.4, 0.5) is 0 Å². The molecule has 0 amide bonds. The molecule has 3 rings (SSSR count). The summed E-state index contributed by atoms with van der Waals surface area (Å²) in [5, 5.41) is 1.13. The molecule has 1 saturated heterocycles. The normalized spacial score (nSPS) is 21.6. The van der Waals surface area contributed by atoms with E-state index in [9.17, 15) is 0 Å². The topological polar surface area (TPSA) is 63.4 Å². The number of rotatable bonds is 3. The third-order valence-corrected chi connectivity index (χ3v) is 4.06. The van der Waals surface area contributed by atoms with Gasteiger partial charge in [0.1, 0.15) is 0 Å². The molecule has 0 aliphatic carbocycles. The largest absolute Gasteiger partial charge is 0.374 e. The number of aryl methyl sites for hydroxylation is 1. The Kier molecular flexibility index (Phi) is 4.17. The van der Waals surface area contributed by atoms with Crippen LogP contribution in [0.2, 0.25) is 0 Å². The third-order valence-electron chi connectivity index (χ3n) is 4.06. The van der Waals surface area contributed by atoms with Crippen LogP contribution in [0.5, 0.6) is 0 Å². The standard InChI is InChI=1S/C16H22N4O/c1-11-3-4-12-9-13(5-6-14(12)18-11)16(19-17)15-10-20(2)7-8-21-15/h3-6,9,15-16,19H,7-8,10,17H2,1-2H3. The van der Waals surface area contributed by atoms with E-state index in [2.05, 4.69) is 46.6 Å². The lowest BCUT2D eigenvalue weighted by molar-refractivity contribution is -0.0392. The van der Waals surface area contributed by atoms with Gasteiger partial charge in [0, 0.05) is 24.2 Å². The molecule has 5 heteroatoms. The lowest BCUT2D eigenvalue weighted by Gasteiger charge is -2.35. The number of hydrogen-bond donors (Lipinski definition) is 2. The van der Waals surface area contributed by atoms with Crippen molar-refractivity contribution in [2.45, 2.75) is 19.1 Å². The molecule has 1 aliphatic heterocycles. The highest BCUT2D eigenvalue weighted by atomic mass is 16.5. The number of fused-ring (bicyclic) bond motifs is 1. The number of likely N-dealkylation sites (N-methyl/N-ethyl adjacent to an activating group) is 1. The maximum absolute atomic E-state index is 5.89. The van der Waals surface area contributed by atoms with Gasteiger partial charge in [0.25, 0.3) is 0 Å². The highest BCUT2D eigenvalue weighted by molar-refractivity contribution is 5.79. The minimum Gasteiger partial charge on any atom is -0.374 e. The van der Waals surface area contributed by atoms with Crippen molar-refractivity contribution in [3.63, 3.8) is 0 Å². The molecule has 2 unspecified atom stereocenters. The van der Waals surface area contributed by atoms with Gasteiger partial charge in [-0.3, -0.25) is 16.3 Å². The smallest absolute Gasteiger partial charge is 0.0909 e. The Bertz CT molecular complexity index is 631. The van der Waals surface area contributed by atoms with E-state index in [0.717, 1.165) is 41.9 Å². The Morgan fingerprint density at radius 2 is 2.24 bits per heavy atom. The fourth-order valence-corrected chi connectivity index (χ4v) is 2.87. The van der Waals surface area contributed by atoms with Gasteiger partial charge in [-0.1, -0.05) is 12.1 Å². The molecule has 1 fully saturated rings. The van der Waals surface area contributed by atoms with E-state index >= 15 is 0 Å². The Morgan fingerprint density at radius 3 is 3.00 bits per heavy atom. The molecule has 2 aromatic rings. The second-order valence-corrected chi connectivity index (χ2v) is 5.72. The van der Waals surface area contributed by atoms with Crippen molar-refractivity contribution < 1.29 is 4.74 Å². The molecule has 0 spiro atoms. The van der Waals surface area contributed by atoms with Crippen molar-refractivity contribution in [3.05, 3.63) is 41.6 Å². The average molecular weight is 286 g/mol. The van der Waals surface area contributed by atoms with Crippen LogP contribution in [-0.4, -0.2) is 42.7 Å². The Morgan fingerprint density at radius 1 is 1.38 bits per heavy atom. The van der Waals surface area contributed by atoms with Gasteiger partial charge in [-0.05, 0) is 37.7 Å². The van der Waals surface area contributed by atoms with Crippen LogP contribution in [0.3, 0.4) is 0 Å². The first kappa shape index (κ1) is 14.4. The van der Waals surface area contributed by atoms with E-state index in [1.807, 2.05) is 13.0 Å². The fourth-order valence-electron chi connectivity index (χ4n) is 2.87. The number of ether oxygens (including phenoxy) is 1. The van der Waals surface area contributed by atoms with E-state index in [1.165, 1.54) is 0 Å². The van der Waals surface area contributed by atoms with Gasteiger partial charge in [0.15, 0.2) is 0 Å². The molecule has 3 N–H and O–H groups in total. The number of morpholine rings is 1. The van der Waals surface area contributed by atoms with Crippen molar-refractivity contribution in [2.24, 2.45) is 5.84 Å². The van der Waals surface area contributed by atoms with E-state index in [1.54, 1.807) is 0 Å². The van der Waals surface area contributed by atoms with Crippen LogP contribution >= 0.6 is 0 Å². The Labute approximate surface area is 125 Å². The molecule has 2 heterocycles. The molecule has 5 nitrogen and oxygen atoms in total. The third kappa shape index (κ3) is 3.06. The van der Waals surface area contributed by atoms with Crippen LogP contribution in [0.1, 0.15) is 17.3 Å². The van der Waals surface area contributed by atoms with Gasteiger partial charge in [-0.15, -0.1) is 0 Å². The molecule has 21 heavy (non-hydrogen) atoms. The predicted octanol–water partition coefficient (Wildman–Crippen LogP) is 1.38. The number of pyridine rings is 1. The zero-order chi connectivity index (χ0) is 14.8. The van der Waals surface area contributed by atoms with Crippen LogP contribution in [0.15, 0.2) is 30.3 Å². The number of benzene rings is 1. The van der Waals surface area contributed by atoms with Gasteiger partial charge in [0.05, 0.1) is 24.3 Å². The van der Waals surface area contributed by atoms with Crippen molar-refractivity contribution in [2.75, 3.05) is 26.7 Å². The summed E-state index contributed by atoms with van der Waals surface area (Å²) in [7, 11) is 2.11. The summed E-state index contributed by atoms with van der Waals surface area (Å²) in [6.45, 7) is 4.59. The summed E-state index contributed by atoms with van der Waals surface area (Å²) in [6.07, 6.45) is 0.0598. The quantitative estimate of drug-likeness (QED) is 0.659. The van der Waals surface area contributed by atoms with E-state index in [4.69, 9.17) is 10.6 Å². The highest BCUT2D eigenvalue weighted by Crippen LogP contribution is 2.24. The minimum atomic E-state index is -0.0153. The average Bonchev–Trinajstić information content (AvgIpc) is 2.48. The first-order valence-corrected chi connectivity index (χ1v) is 7.31. The lowest BCUT2D eigenvalue weighted by Crippen LogP contribution is -2.48. The number of nitrogens with zero attached hydrogens (tertiary/aromatic N) is 2. The van der Waals surface area contributed by atoms with Gasteiger partial charge in [0.2, 0.25) is 0 Å². The molecular formula is C16H22N4O. The SMILES string of the molecule is Cc1ccc2cc(C(NN)C3CN(C)CCO3)ccc2n1. The van der Waals surface area contributed by atoms with Crippen LogP contribution in [0.25, 0.3) is 10.9 Å². The van der Waals surface area contributed by atoms with Crippen molar-refractivity contribution >= 4 is 10.9 Å². The van der Waals surface area contributed by atoms with Crippen molar-refractivity contribution in [1.29, 1.82) is 0 Å². The Hall–Kier alpha value is -1.53. The number of hydrazine groups is 1. The summed E-state index contributed by atoms with van der Waals surface area (Å²) in [5.41, 5.74) is 6.09. The maximum atomic E-state index is 5.89. The number of aromatic nitrogens is 1. The molecule has 0 radical (unpaired) electrons. The van der Waals surface area contributed by atoms with Crippen LogP contribution < -0.4 is 11.3 Å². The summed E-state index contributed by atoms with van der Waals surface area (Å²) < 4.78 is 5.89. The zero-order valence-corrected chi connectivity index (χ0v) is 12.5. The van der Waals surface area contributed by atoms with Crippen molar-refractivity contribution in [3.8, 4) is 0 Å². The summed E-state index contributed by atoms with van der Waals surface area (Å²) in [5.74, 6) is 5.79. The summed E-state index contributed by atoms with van der Waals surface area (Å²) >= 11 is 0. The predicted molar refractivity (Wildman–Crippen MR) is 83.8 cm³/mol. The second-order valence-electron chi connectivity index (χ2n) is 5.72. The van der Waals surface area contributed by atoms with Gasteiger partial charge < -0.3 is 9.64 Å². The van der Waals surface area contributed by atoms with Crippen molar-refractivity contribution in [1.82, 2.24) is 15.3 Å². The van der Waals surface area contributed by atoms with Crippen LogP contribution in [-0.2, 0) is 4.74 Å². The number of nitrogens with one attached hydrogen (secondary N) is 1. The number of nitrogens with two attached hydrogens (primary N) is 1. The maximum Gasteiger partial charge on any atom is 0.0909 e. The van der Waals surface area contributed by atoms with Crippen LogP contribution in [0, 0.1) is 6.92 Å². The molecule has 112 valence electrons. The Balaban J connectivity index is 1.91. The van der Waals surface area contributed by atoms with E-state index in [0.29, 0.717) is 0 Å². The summed E-state index contributed by atoms with van der Waals surface area (Å²) in [4.78, 5) is 6.80. The fraction of sp³-hybridized carbons (Fsp3) is 0.438. The molecule has 2 atom stereocenters. The monoisotopic (exact) mass is 286 g/mol. The summed E-state index contributed by atoms with van der Waals surface area (Å²) in [6, 6.07) is 10.4. The molecule has 0 saturated carbocycles. The van der Waals surface area contributed by atoms with Gasteiger partial charge in [-0.25, -0.2) is 0 Å². The lowest BCUT2D eigenvalue weighted by atomic mass is 9.99. The second kappa shape index (κ2) is 6.07. The van der Waals surface area contributed by atoms with Gasteiger partial charge in [-0.2, -0.15) is 0 Å². The highest BCUT2D eigenvalue weighted by Gasteiger charge is 2.27. The first-order chi connectivity index (χ1) is 10.2. The molecule has 1 aliphatic rings. The zero-order valence-electron chi connectivity index (χ0n) is 12.5. The number of hydrogen-bond acceptors (Lipinski definition) is 5.